The molecule has 2 aromatic rings. The summed E-state index contributed by atoms with van der Waals surface area (Å²) >= 11 is 0. The van der Waals surface area contributed by atoms with Crippen LogP contribution in [0.2, 0.25) is 0 Å². The molecule has 4 nitrogen and oxygen atoms in total. The zero-order chi connectivity index (χ0) is 16.7. The molecule has 0 spiro atoms. The number of hydrogen-bond donors (Lipinski definition) is 2. The van der Waals surface area contributed by atoms with Crippen LogP contribution in [0.3, 0.4) is 0 Å². The van der Waals surface area contributed by atoms with Crippen molar-refractivity contribution in [2.45, 2.75) is 39.8 Å². The van der Waals surface area contributed by atoms with Gasteiger partial charge in [0.1, 0.15) is 5.75 Å². The molecule has 0 aromatic heterocycles. The minimum absolute atomic E-state index is 0. The van der Waals surface area contributed by atoms with Crippen LogP contribution in [0.25, 0.3) is 0 Å². The Bertz CT molecular complexity index is 654. The van der Waals surface area contributed by atoms with Gasteiger partial charge in [0.2, 0.25) is 0 Å². The fourth-order valence-corrected chi connectivity index (χ4v) is 2.18. The van der Waals surface area contributed by atoms with E-state index in [1.54, 1.807) is 0 Å². The van der Waals surface area contributed by atoms with Crippen molar-refractivity contribution in [3.63, 3.8) is 0 Å². The molecule has 0 bridgehead atoms. The van der Waals surface area contributed by atoms with Crippen LogP contribution in [0.4, 0.5) is 5.69 Å². The predicted molar refractivity (Wildman–Crippen MR) is 112 cm³/mol. The number of hydrogen-bond acceptors (Lipinski definition) is 2. The molecule has 0 atom stereocenters. The number of guanidine groups is 1. The molecular formula is C19H26IN3O. The van der Waals surface area contributed by atoms with Gasteiger partial charge >= 0.3 is 0 Å². The molecule has 0 unspecified atom stereocenters. The van der Waals surface area contributed by atoms with Crippen LogP contribution < -0.4 is 15.8 Å². The average Bonchev–Trinajstić information content (AvgIpc) is 2.54. The molecule has 5 heteroatoms. The third kappa shape index (κ3) is 6.78. The Kier molecular flexibility index (Phi) is 8.60. The van der Waals surface area contributed by atoms with E-state index in [9.17, 15) is 0 Å². The Morgan fingerprint density at radius 1 is 1.12 bits per heavy atom. The maximum atomic E-state index is 5.96. The van der Waals surface area contributed by atoms with E-state index < -0.39 is 0 Å². The topological polar surface area (TPSA) is 59.6 Å². The molecule has 0 amide bonds. The molecule has 3 N–H and O–H groups in total. The molecule has 0 radical (unpaired) electrons. The Labute approximate surface area is 161 Å². The number of rotatable bonds is 6. The highest BCUT2D eigenvalue weighted by Gasteiger charge is 1.99. The molecule has 0 aliphatic carbocycles. The number of nitrogens with zero attached hydrogens (tertiary/aromatic N) is 1. The molecule has 0 heterocycles. The number of nitrogens with two attached hydrogens (primary N) is 1. The molecular weight excluding hydrogens is 413 g/mol. The van der Waals surface area contributed by atoms with Gasteiger partial charge in [-0.15, -0.1) is 24.0 Å². The first-order chi connectivity index (χ1) is 11.1. The lowest BCUT2D eigenvalue weighted by molar-refractivity contribution is 0.242. The maximum absolute atomic E-state index is 5.96. The van der Waals surface area contributed by atoms with Crippen molar-refractivity contribution in [2.24, 2.45) is 10.7 Å². The van der Waals surface area contributed by atoms with Crippen LogP contribution in [0.1, 0.15) is 31.9 Å². The van der Waals surface area contributed by atoms with E-state index in [4.69, 9.17) is 10.5 Å². The maximum Gasteiger partial charge on any atom is 0.193 e. The first-order valence-corrected chi connectivity index (χ1v) is 7.98. The van der Waals surface area contributed by atoms with Crippen LogP contribution in [0.5, 0.6) is 5.75 Å². The summed E-state index contributed by atoms with van der Waals surface area (Å²) in [6.45, 7) is 6.69. The third-order valence-corrected chi connectivity index (χ3v) is 3.33. The quantitative estimate of drug-likeness (QED) is 0.394. The van der Waals surface area contributed by atoms with E-state index in [2.05, 4.69) is 29.4 Å². The fourth-order valence-electron chi connectivity index (χ4n) is 2.18. The van der Waals surface area contributed by atoms with Gasteiger partial charge in [0.15, 0.2) is 5.96 Å². The van der Waals surface area contributed by atoms with Crippen molar-refractivity contribution in [1.82, 2.24) is 0 Å². The number of benzene rings is 2. The lowest BCUT2D eigenvalue weighted by Crippen LogP contribution is -2.22. The van der Waals surface area contributed by atoms with Gasteiger partial charge in [-0.1, -0.05) is 31.2 Å². The van der Waals surface area contributed by atoms with E-state index in [0.717, 1.165) is 23.4 Å². The van der Waals surface area contributed by atoms with Crippen molar-refractivity contribution in [2.75, 3.05) is 5.32 Å². The summed E-state index contributed by atoms with van der Waals surface area (Å²) in [4.78, 5) is 4.38. The van der Waals surface area contributed by atoms with Gasteiger partial charge in [0, 0.05) is 5.69 Å². The molecule has 130 valence electrons. The van der Waals surface area contributed by atoms with Crippen molar-refractivity contribution in [3.8, 4) is 5.75 Å². The van der Waals surface area contributed by atoms with E-state index in [-0.39, 0.29) is 30.1 Å². The smallest absolute Gasteiger partial charge is 0.193 e. The van der Waals surface area contributed by atoms with Crippen LogP contribution >= 0.6 is 24.0 Å². The highest BCUT2D eigenvalue weighted by Crippen LogP contribution is 2.15. The van der Waals surface area contributed by atoms with Crippen LogP contribution in [0, 0.1) is 0 Å². The van der Waals surface area contributed by atoms with Crippen LogP contribution in [-0.4, -0.2) is 12.1 Å². The molecule has 0 aliphatic rings. The molecule has 0 fully saturated rings. The normalized spacial score (nSPS) is 11.1. The second-order valence-corrected chi connectivity index (χ2v) is 5.69. The highest BCUT2D eigenvalue weighted by atomic mass is 127. The molecule has 0 aliphatic heterocycles. The van der Waals surface area contributed by atoms with Gasteiger partial charge in [-0.25, -0.2) is 4.99 Å². The number of aryl methyl sites for hydroxylation is 1. The summed E-state index contributed by atoms with van der Waals surface area (Å²) in [5.74, 6) is 1.29. The van der Waals surface area contributed by atoms with E-state index in [1.165, 1.54) is 5.56 Å². The Balaban J connectivity index is 0.00000288. The van der Waals surface area contributed by atoms with E-state index >= 15 is 0 Å². The summed E-state index contributed by atoms with van der Waals surface area (Å²) < 4.78 is 5.62. The lowest BCUT2D eigenvalue weighted by Gasteiger charge is -2.10. The first kappa shape index (κ1) is 20.3. The number of anilines is 1. The summed E-state index contributed by atoms with van der Waals surface area (Å²) in [6, 6.07) is 16.1. The molecule has 0 saturated heterocycles. The van der Waals surface area contributed by atoms with E-state index in [0.29, 0.717) is 12.5 Å². The number of halogens is 1. The lowest BCUT2D eigenvalue weighted by atomic mass is 10.1. The van der Waals surface area contributed by atoms with Crippen molar-refractivity contribution in [3.05, 3.63) is 59.7 Å². The molecule has 0 saturated carbocycles. The standard InChI is InChI=1S/C19H25N3O.HI/c1-4-15-6-5-7-17(12-15)22-19(20)21-13-16-8-10-18(11-9-16)23-14(2)3;/h5-12,14H,4,13H2,1-3H3,(H3,20,21,22);1H. The second kappa shape index (κ2) is 10.2. The Morgan fingerprint density at radius 2 is 1.83 bits per heavy atom. The van der Waals surface area contributed by atoms with Gasteiger partial charge in [-0.05, 0) is 55.7 Å². The highest BCUT2D eigenvalue weighted by molar-refractivity contribution is 14.0. The number of nitrogens with one attached hydrogen (secondary N) is 1. The predicted octanol–water partition coefficient (Wildman–Crippen LogP) is 4.58. The van der Waals surface area contributed by atoms with Gasteiger partial charge in [-0.2, -0.15) is 0 Å². The minimum Gasteiger partial charge on any atom is -0.491 e. The zero-order valence-corrected chi connectivity index (χ0v) is 16.8. The molecule has 2 rings (SSSR count). The summed E-state index contributed by atoms with van der Waals surface area (Å²) in [7, 11) is 0. The average molecular weight is 439 g/mol. The summed E-state index contributed by atoms with van der Waals surface area (Å²) in [6.07, 6.45) is 1.18. The minimum atomic E-state index is 0. The summed E-state index contributed by atoms with van der Waals surface area (Å²) in [5, 5.41) is 3.13. The summed E-state index contributed by atoms with van der Waals surface area (Å²) in [5.41, 5.74) is 9.28. The molecule has 24 heavy (non-hydrogen) atoms. The second-order valence-electron chi connectivity index (χ2n) is 5.69. The third-order valence-electron chi connectivity index (χ3n) is 3.33. The first-order valence-electron chi connectivity index (χ1n) is 7.98. The number of ether oxygens (including phenoxy) is 1. The zero-order valence-electron chi connectivity index (χ0n) is 14.5. The van der Waals surface area contributed by atoms with Crippen molar-refractivity contribution < 1.29 is 4.74 Å². The van der Waals surface area contributed by atoms with Crippen molar-refractivity contribution >= 4 is 35.6 Å². The van der Waals surface area contributed by atoms with E-state index in [1.807, 2.05) is 50.2 Å². The van der Waals surface area contributed by atoms with Gasteiger partial charge < -0.3 is 15.8 Å². The van der Waals surface area contributed by atoms with Gasteiger partial charge in [-0.3, -0.25) is 0 Å². The van der Waals surface area contributed by atoms with Crippen LogP contribution in [0.15, 0.2) is 53.5 Å². The molecule has 2 aromatic carbocycles. The number of aliphatic imine (C=N–C) groups is 1. The van der Waals surface area contributed by atoms with Gasteiger partial charge in [0.25, 0.3) is 0 Å². The monoisotopic (exact) mass is 439 g/mol. The van der Waals surface area contributed by atoms with Crippen LogP contribution in [-0.2, 0) is 13.0 Å². The Morgan fingerprint density at radius 3 is 2.46 bits per heavy atom. The SMILES string of the molecule is CCc1cccc(NC(N)=NCc2ccc(OC(C)C)cc2)c1.I. The fraction of sp³-hybridized carbons (Fsp3) is 0.316. The van der Waals surface area contributed by atoms with Gasteiger partial charge in [0.05, 0.1) is 12.6 Å². The Hall–Kier alpha value is -1.76. The van der Waals surface area contributed by atoms with Crippen molar-refractivity contribution in [1.29, 1.82) is 0 Å². The largest absolute Gasteiger partial charge is 0.491 e.